The van der Waals surface area contributed by atoms with Crippen molar-refractivity contribution < 1.29 is 4.79 Å². The van der Waals surface area contributed by atoms with Gasteiger partial charge in [-0.25, -0.2) is 4.98 Å². The Morgan fingerprint density at radius 1 is 1.37 bits per heavy atom. The molecule has 0 radical (unpaired) electrons. The summed E-state index contributed by atoms with van der Waals surface area (Å²) in [6, 6.07) is 6.95. The van der Waals surface area contributed by atoms with E-state index in [-0.39, 0.29) is 5.56 Å². The van der Waals surface area contributed by atoms with Crippen LogP contribution in [-0.4, -0.2) is 10.9 Å². The van der Waals surface area contributed by atoms with Crippen LogP contribution in [-0.2, 0) is 0 Å². The van der Waals surface area contributed by atoms with Gasteiger partial charge in [0.15, 0.2) is 0 Å². The molecular formula is C12H10ClIN4O. The molecule has 1 aromatic heterocycles. The molecular weight excluding hydrogens is 379 g/mol. The molecule has 0 atom stereocenters. The third kappa shape index (κ3) is 3.27. The van der Waals surface area contributed by atoms with Crippen molar-refractivity contribution in [1.82, 2.24) is 4.98 Å². The van der Waals surface area contributed by atoms with Gasteiger partial charge in [-0.3, -0.25) is 4.79 Å². The molecule has 0 aliphatic rings. The molecule has 5 N–H and O–H groups in total. The number of anilines is 3. The minimum atomic E-state index is -0.607. The number of nitrogens with zero attached hydrogens (tertiary/aromatic N) is 1. The summed E-state index contributed by atoms with van der Waals surface area (Å²) in [4.78, 5) is 15.4. The summed E-state index contributed by atoms with van der Waals surface area (Å²) in [6.07, 6.45) is 1.44. The first-order valence-electron chi connectivity index (χ1n) is 5.25. The first-order valence-corrected chi connectivity index (χ1v) is 6.70. The van der Waals surface area contributed by atoms with Gasteiger partial charge in [-0.15, -0.1) is 0 Å². The molecule has 1 heterocycles. The summed E-state index contributed by atoms with van der Waals surface area (Å²) in [5.74, 6) is -0.284. The van der Waals surface area contributed by atoms with Crippen molar-refractivity contribution in [2.24, 2.45) is 5.73 Å². The van der Waals surface area contributed by atoms with E-state index >= 15 is 0 Å². The van der Waals surface area contributed by atoms with E-state index in [1.807, 2.05) is 6.07 Å². The number of benzene rings is 1. The minimum Gasteiger partial charge on any atom is -0.397 e. The lowest BCUT2D eigenvalue weighted by atomic mass is 10.2. The van der Waals surface area contributed by atoms with Crippen molar-refractivity contribution in [3.63, 3.8) is 0 Å². The molecule has 0 aliphatic carbocycles. The van der Waals surface area contributed by atoms with E-state index in [0.29, 0.717) is 22.2 Å². The number of aromatic nitrogens is 1. The maximum absolute atomic E-state index is 11.4. The van der Waals surface area contributed by atoms with Gasteiger partial charge in [0, 0.05) is 3.57 Å². The van der Waals surface area contributed by atoms with E-state index in [9.17, 15) is 4.79 Å². The number of primary amides is 1. The Labute approximate surface area is 128 Å². The van der Waals surface area contributed by atoms with Crippen LogP contribution < -0.4 is 16.8 Å². The molecule has 2 aromatic rings. The normalized spacial score (nSPS) is 10.2. The Kier molecular flexibility index (Phi) is 4.11. The van der Waals surface area contributed by atoms with E-state index in [0.717, 1.165) is 3.57 Å². The second-order valence-electron chi connectivity index (χ2n) is 3.78. The molecule has 0 saturated carbocycles. The highest BCUT2D eigenvalue weighted by molar-refractivity contribution is 14.1. The molecule has 0 bridgehead atoms. The van der Waals surface area contributed by atoms with Crippen LogP contribution in [0.5, 0.6) is 0 Å². The zero-order valence-corrected chi connectivity index (χ0v) is 12.6. The number of nitrogens with two attached hydrogens (primary N) is 2. The first-order chi connectivity index (χ1) is 8.97. The second kappa shape index (κ2) is 5.62. The SMILES string of the molecule is NC(=O)c1cc(N)cnc1Nc1ccc(I)cc1Cl. The Bertz CT molecular complexity index is 648. The number of rotatable bonds is 3. The molecule has 7 heteroatoms. The summed E-state index contributed by atoms with van der Waals surface area (Å²) >= 11 is 8.26. The second-order valence-corrected chi connectivity index (χ2v) is 5.43. The number of pyridine rings is 1. The lowest BCUT2D eigenvalue weighted by Gasteiger charge is -2.11. The third-order valence-electron chi connectivity index (χ3n) is 2.36. The number of hydrogen-bond donors (Lipinski definition) is 3. The molecule has 19 heavy (non-hydrogen) atoms. The van der Waals surface area contributed by atoms with Crippen molar-refractivity contribution in [2.75, 3.05) is 11.1 Å². The molecule has 0 fully saturated rings. The van der Waals surface area contributed by atoms with Gasteiger partial charge in [0.2, 0.25) is 0 Å². The fourth-order valence-electron chi connectivity index (χ4n) is 1.49. The van der Waals surface area contributed by atoms with Gasteiger partial charge < -0.3 is 16.8 Å². The number of amides is 1. The van der Waals surface area contributed by atoms with Crippen LogP contribution in [0, 0.1) is 3.57 Å². The Hall–Kier alpha value is -1.54. The maximum atomic E-state index is 11.4. The highest BCUT2D eigenvalue weighted by atomic mass is 127. The largest absolute Gasteiger partial charge is 0.397 e. The lowest BCUT2D eigenvalue weighted by molar-refractivity contribution is 0.100. The molecule has 1 aromatic carbocycles. The summed E-state index contributed by atoms with van der Waals surface area (Å²) < 4.78 is 1.01. The third-order valence-corrected chi connectivity index (χ3v) is 3.34. The van der Waals surface area contributed by atoms with E-state index in [1.165, 1.54) is 12.3 Å². The molecule has 0 spiro atoms. The molecule has 0 aliphatic heterocycles. The topological polar surface area (TPSA) is 94.0 Å². The number of carbonyl (C=O) groups excluding carboxylic acids is 1. The monoisotopic (exact) mass is 388 g/mol. The van der Waals surface area contributed by atoms with Crippen molar-refractivity contribution >= 4 is 57.3 Å². The van der Waals surface area contributed by atoms with Crippen LogP contribution in [0.25, 0.3) is 0 Å². The van der Waals surface area contributed by atoms with Crippen molar-refractivity contribution in [1.29, 1.82) is 0 Å². The van der Waals surface area contributed by atoms with Crippen molar-refractivity contribution in [2.45, 2.75) is 0 Å². The predicted molar refractivity (Wildman–Crippen MR) is 84.6 cm³/mol. The summed E-state index contributed by atoms with van der Waals surface area (Å²) in [7, 11) is 0. The number of nitrogen functional groups attached to an aromatic ring is 1. The van der Waals surface area contributed by atoms with E-state index < -0.39 is 5.91 Å². The Morgan fingerprint density at radius 3 is 2.74 bits per heavy atom. The van der Waals surface area contributed by atoms with E-state index in [1.54, 1.807) is 12.1 Å². The minimum absolute atomic E-state index is 0.217. The van der Waals surface area contributed by atoms with Crippen molar-refractivity contribution in [3.05, 3.63) is 44.6 Å². The van der Waals surface area contributed by atoms with Gasteiger partial charge in [0.25, 0.3) is 5.91 Å². The van der Waals surface area contributed by atoms with Crippen LogP contribution in [0.4, 0.5) is 17.2 Å². The summed E-state index contributed by atoms with van der Waals surface area (Å²) in [6.45, 7) is 0. The standard InChI is InChI=1S/C12H10ClIN4O/c13-9-3-6(14)1-2-10(9)18-12-8(11(16)19)4-7(15)5-17-12/h1-5H,15H2,(H2,16,19)(H,17,18). The molecule has 98 valence electrons. The average molecular weight is 389 g/mol. The van der Waals surface area contributed by atoms with Gasteiger partial charge in [0.05, 0.1) is 28.2 Å². The van der Waals surface area contributed by atoms with Crippen LogP contribution in [0.3, 0.4) is 0 Å². The molecule has 0 saturated heterocycles. The molecule has 5 nitrogen and oxygen atoms in total. The Morgan fingerprint density at radius 2 is 2.11 bits per heavy atom. The number of carbonyl (C=O) groups is 1. The van der Waals surface area contributed by atoms with Gasteiger partial charge in [-0.2, -0.15) is 0 Å². The zero-order chi connectivity index (χ0) is 14.0. The van der Waals surface area contributed by atoms with Crippen LogP contribution in [0.2, 0.25) is 5.02 Å². The predicted octanol–water partition coefficient (Wildman–Crippen LogP) is 2.76. The zero-order valence-electron chi connectivity index (χ0n) is 9.65. The Balaban J connectivity index is 2.40. The first kappa shape index (κ1) is 13.9. The van der Waals surface area contributed by atoms with Crippen LogP contribution in [0.1, 0.15) is 10.4 Å². The number of nitrogens with one attached hydrogen (secondary N) is 1. The highest BCUT2D eigenvalue weighted by Crippen LogP contribution is 2.28. The average Bonchev–Trinajstić information content (AvgIpc) is 2.34. The molecule has 0 unspecified atom stereocenters. The molecule has 2 rings (SSSR count). The fraction of sp³-hybridized carbons (Fsp3) is 0. The van der Waals surface area contributed by atoms with Crippen LogP contribution >= 0.6 is 34.2 Å². The van der Waals surface area contributed by atoms with E-state index in [2.05, 4.69) is 32.9 Å². The van der Waals surface area contributed by atoms with Gasteiger partial charge in [-0.1, -0.05) is 11.6 Å². The van der Waals surface area contributed by atoms with E-state index in [4.69, 9.17) is 23.1 Å². The van der Waals surface area contributed by atoms with Crippen LogP contribution in [0.15, 0.2) is 30.5 Å². The number of hydrogen-bond acceptors (Lipinski definition) is 4. The maximum Gasteiger partial charge on any atom is 0.252 e. The van der Waals surface area contributed by atoms with Gasteiger partial charge >= 0.3 is 0 Å². The van der Waals surface area contributed by atoms with Crippen molar-refractivity contribution in [3.8, 4) is 0 Å². The smallest absolute Gasteiger partial charge is 0.252 e. The highest BCUT2D eigenvalue weighted by Gasteiger charge is 2.11. The van der Waals surface area contributed by atoms with Gasteiger partial charge in [0.1, 0.15) is 5.82 Å². The fourth-order valence-corrected chi connectivity index (χ4v) is 2.39. The number of halogens is 2. The molecule has 1 amide bonds. The quantitative estimate of drug-likeness (QED) is 0.705. The summed E-state index contributed by atoms with van der Waals surface area (Å²) in [5, 5.41) is 3.50. The van der Waals surface area contributed by atoms with Gasteiger partial charge in [-0.05, 0) is 46.9 Å². The lowest BCUT2D eigenvalue weighted by Crippen LogP contribution is -2.15. The summed E-state index contributed by atoms with van der Waals surface area (Å²) in [5.41, 5.74) is 12.1.